The number of rotatable bonds is 5. The normalized spacial score (nSPS) is 10.1. The summed E-state index contributed by atoms with van der Waals surface area (Å²) in [6.45, 7) is 0. The number of nitrogens with zero attached hydrogens (tertiary/aromatic N) is 1. The number of carboxylic acid groups (broad SMARTS) is 1. The monoisotopic (exact) mass is 289 g/mol. The number of carbonyl (C=O) groups excluding carboxylic acids is 1. The molecule has 0 saturated carbocycles. The lowest BCUT2D eigenvalue weighted by atomic mass is 10.1. The summed E-state index contributed by atoms with van der Waals surface area (Å²) in [4.78, 5) is 34.8. The molecule has 0 saturated heterocycles. The molecule has 1 amide bonds. The number of aromatic amines is 1. The van der Waals surface area contributed by atoms with Gasteiger partial charge in [0.15, 0.2) is 0 Å². The van der Waals surface area contributed by atoms with Gasteiger partial charge in [-0.15, -0.1) is 0 Å². The van der Waals surface area contributed by atoms with Crippen LogP contribution in [-0.2, 0) is 11.2 Å². The standard InChI is InChI=1S/C13H11N3O5/c17-12(18)5-8-1-3-9(4-2-8)15-13(19)11-6-10(7-14-11)16(20)21/h1-4,6-7,14H,5H2,(H,15,19)(H,17,18). The molecule has 0 spiro atoms. The van der Waals surface area contributed by atoms with Crippen molar-refractivity contribution in [3.8, 4) is 0 Å². The zero-order valence-electron chi connectivity index (χ0n) is 10.7. The number of benzene rings is 1. The minimum absolute atomic E-state index is 0.0660. The van der Waals surface area contributed by atoms with Crippen LogP contribution >= 0.6 is 0 Å². The van der Waals surface area contributed by atoms with Crippen molar-refractivity contribution in [1.82, 2.24) is 4.98 Å². The Bertz CT molecular complexity index is 690. The predicted molar refractivity (Wildman–Crippen MR) is 73.2 cm³/mol. The molecule has 2 aromatic rings. The highest BCUT2D eigenvalue weighted by Crippen LogP contribution is 2.15. The van der Waals surface area contributed by atoms with Crippen LogP contribution in [0.25, 0.3) is 0 Å². The van der Waals surface area contributed by atoms with Crippen molar-refractivity contribution < 1.29 is 19.6 Å². The molecule has 0 aliphatic heterocycles. The van der Waals surface area contributed by atoms with E-state index in [-0.39, 0.29) is 17.8 Å². The maximum atomic E-state index is 11.9. The lowest BCUT2D eigenvalue weighted by Gasteiger charge is -2.04. The van der Waals surface area contributed by atoms with E-state index < -0.39 is 16.8 Å². The molecule has 0 fully saturated rings. The van der Waals surface area contributed by atoms with Gasteiger partial charge in [0.05, 0.1) is 17.5 Å². The van der Waals surface area contributed by atoms with Gasteiger partial charge in [0.2, 0.25) is 0 Å². The summed E-state index contributed by atoms with van der Waals surface area (Å²) in [6.07, 6.45) is 1.03. The smallest absolute Gasteiger partial charge is 0.307 e. The van der Waals surface area contributed by atoms with Crippen molar-refractivity contribution in [3.05, 3.63) is 57.9 Å². The highest BCUT2D eigenvalue weighted by atomic mass is 16.6. The largest absolute Gasteiger partial charge is 0.481 e. The maximum absolute atomic E-state index is 11.9. The molecule has 8 nitrogen and oxygen atoms in total. The van der Waals surface area contributed by atoms with Gasteiger partial charge in [0.25, 0.3) is 11.6 Å². The van der Waals surface area contributed by atoms with Crippen molar-refractivity contribution in [2.24, 2.45) is 0 Å². The minimum atomic E-state index is -0.939. The molecule has 2 rings (SSSR count). The van der Waals surface area contributed by atoms with Crippen molar-refractivity contribution >= 4 is 23.3 Å². The van der Waals surface area contributed by atoms with Gasteiger partial charge in [-0.2, -0.15) is 0 Å². The molecule has 0 unspecified atom stereocenters. The number of anilines is 1. The van der Waals surface area contributed by atoms with Crippen LogP contribution in [0.5, 0.6) is 0 Å². The van der Waals surface area contributed by atoms with Gasteiger partial charge in [-0.05, 0) is 17.7 Å². The summed E-state index contributed by atoms with van der Waals surface area (Å²) in [6, 6.07) is 7.43. The highest BCUT2D eigenvalue weighted by molar-refractivity contribution is 6.03. The second-order valence-electron chi connectivity index (χ2n) is 4.25. The highest BCUT2D eigenvalue weighted by Gasteiger charge is 2.14. The number of carbonyl (C=O) groups is 2. The first-order valence-electron chi connectivity index (χ1n) is 5.90. The fraction of sp³-hybridized carbons (Fsp3) is 0.0769. The molecule has 108 valence electrons. The Hall–Kier alpha value is -3.16. The number of carboxylic acids is 1. The van der Waals surface area contributed by atoms with Crippen LogP contribution in [-0.4, -0.2) is 26.9 Å². The van der Waals surface area contributed by atoms with E-state index in [1.165, 1.54) is 0 Å². The SMILES string of the molecule is O=C(O)Cc1ccc(NC(=O)c2cc([N+](=O)[O-])c[nH]2)cc1. The molecule has 0 radical (unpaired) electrons. The van der Waals surface area contributed by atoms with Gasteiger partial charge in [-0.25, -0.2) is 0 Å². The summed E-state index contributed by atoms with van der Waals surface area (Å²) in [5.74, 6) is -1.46. The van der Waals surface area contributed by atoms with Crippen LogP contribution in [0, 0.1) is 10.1 Å². The molecule has 3 N–H and O–H groups in total. The average Bonchev–Trinajstić information content (AvgIpc) is 2.90. The van der Waals surface area contributed by atoms with E-state index in [0.717, 1.165) is 12.3 Å². The summed E-state index contributed by atoms with van der Waals surface area (Å²) >= 11 is 0. The number of amides is 1. The van der Waals surface area contributed by atoms with Crippen LogP contribution in [0.2, 0.25) is 0 Å². The third kappa shape index (κ3) is 3.66. The number of aliphatic carboxylic acids is 1. The first-order valence-corrected chi connectivity index (χ1v) is 5.90. The second-order valence-corrected chi connectivity index (χ2v) is 4.25. The van der Waals surface area contributed by atoms with E-state index >= 15 is 0 Å². The van der Waals surface area contributed by atoms with Gasteiger partial charge in [-0.1, -0.05) is 12.1 Å². The molecule has 0 aliphatic rings. The van der Waals surface area contributed by atoms with Crippen molar-refractivity contribution in [1.29, 1.82) is 0 Å². The van der Waals surface area contributed by atoms with E-state index in [1.807, 2.05) is 0 Å². The van der Waals surface area contributed by atoms with Gasteiger partial charge in [0, 0.05) is 11.8 Å². The first kappa shape index (κ1) is 14.3. The lowest BCUT2D eigenvalue weighted by molar-refractivity contribution is -0.384. The molecular weight excluding hydrogens is 278 g/mol. The number of aromatic nitrogens is 1. The zero-order valence-corrected chi connectivity index (χ0v) is 10.7. The van der Waals surface area contributed by atoms with Crippen molar-refractivity contribution in [2.75, 3.05) is 5.32 Å². The second kappa shape index (κ2) is 5.87. The fourth-order valence-corrected chi connectivity index (χ4v) is 1.70. The van der Waals surface area contributed by atoms with Gasteiger partial charge in [-0.3, -0.25) is 19.7 Å². The van der Waals surface area contributed by atoms with Crippen LogP contribution in [0.4, 0.5) is 11.4 Å². The Morgan fingerprint density at radius 1 is 1.29 bits per heavy atom. The number of nitro groups is 1. The van der Waals surface area contributed by atoms with Crippen molar-refractivity contribution in [3.63, 3.8) is 0 Å². The Balaban J connectivity index is 2.04. The van der Waals surface area contributed by atoms with Crippen LogP contribution < -0.4 is 5.32 Å². The number of hydrogen-bond donors (Lipinski definition) is 3. The lowest BCUT2D eigenvalue weighted by Crippen LogP contribution is -2.12. The van der Waals surface area contributed by atoms with E-state index in [2.05, 4.69) is 10.3 Å². The number of nitrogens with one attached hydrogen (secondary N) is 2. The van der Waals surface area contributed by atoms with Crippen molar-refractivity contribution in [2.45, 2.75) is 6.42 Å². The molecule has 0 bridgehead atoms. The van der Waals surface area contributed by atoms with E-state index in [9.17, 15) is 19.7 Å². The molecule has 1 aromatic carbocycles. The molecule has 21 heavy (non-hydrogen) atoms. The van der Waals surface area contributed by atoms with Gasteiger partial charge >= 0.3 is 5.97 Å². The minimum Gasteiger partial charge on any atom is -0.481 e. The van der Waals surface area contributed by atoms with Crippen LogP contribution in [0.15, 0.2) is 36.5 Å². The van der Waals surface area contributed by atoms with Crippen LogP contribution in [0.3, 0.4) is 0 Å². The van der Waals surface area contributed by atoms with E-state index in [0.29, 0.717) is 11.3 Å². The topological polar surface area (TPSA) is 125 Å². The number of hydrogen-bond acceptors (Lipinski definition) is 4. The maximum Gasteiger partial charge on any atom is 0.307 e. The molecule has 0 atom stereocenters. The predicted octanol–water partition coefficient (Wildman–Crippen LogP) is 1.80. The quantitative estimate of drug-likeness (QED) is 0.571. The summed E-state index contributed by atoms with van der Waals surface area (Å²) in [7, 11) is 0. The molecule has 8 heteroatoms. The van der Waals surface area contributed by atoms with E-state index in [4.69, 9.17) is 5.11 Å². The Labute approximate surface area is 118 Å². The summed E-state index contributed by atoms with van der Waals surface area (Å²) in [5, 5.41) is 21.7. The fourth-order valence-electron chi connectivity index (χ4n) is 1.70. The van der Waals surface area contributed by atoms with Gasteiger partial charge < -0.3 is 15.4 Å². The summed E-state index contributed by atoms with van der Waals surface area (Å²) in [5.41, 5.74) is 0.940. The molecule has 1 aromatic heterocycles. The Morgan fingerprint density at radius 2 is 1.95 bits per heavy atom. The Morgan fingerprint density at radius 3 is 2.48 bits per heavy atom. The molecule has 0 aliphatic carbocycles. The number of H-pyrrole nitrogens is 1. The van der Waals surface area contributed by atoms with Crippen LogP contribution in [0.1, 0.15) is 16.1 Å². The summed E-state index contributed by atoms with van der Waals surface area (Å²) < 4.78 is 0. The van der Waals surface area contributed by atoms with E-state index in [1.54, 1.807) is 24.3 Å². The first-order chi connectivity index (χ1) is 9.95. The van der Waals surface area contributed by atoms with Gasteiger partial charge in [0.1, 0.15) is 5.69 Å². The zero-order chi connectivity index (χ0) is 15.4. The molecule has 1 heterocycles. The average molecular weight is 289 g/mol. The third-order valence-corrected chi connectivity index (χ3v) is 2.69. The Kier molecular flexibility index (Phi) is 3.98. The molecular formula is C13H11N3O5. The third-order valence-electron chi connectivity index (χ3n) is 2.69.